The summed E-state index contributed by atoms with van der Waals surface area (Å²) in [5.74, 6) is -3.45. The van der Waals surface area contributed by atoms with Crippen LogP contribution in [0.25, 0.3) is 0 Å². The van der Waals surface area contributed by atoms with Crippen LogP contribution in [-0.2, 0) is 0 Å². The fourth-order valence-corrected chi connectivity index (χ4v) is 2.02. The third kappa shape index (κ3) is 3.99. The third-order valence-electron chi connectivity index (χ3n) is 2.97. The molecule has 0 spiro atoms. The summed E-state index contributed by atoms with van der Waals surface area (Å²) in [6.45, 7) is 2.92. The van der Waals surface area contributed by atoms with Crippen molar-refractivity contribution in [3.05, 3.63) is 41.7 Å². The van der Waals surface area contributed by atoms with Crippen molar-refractivity contribution in [1.82, 2.24) is 4.90 Å². The lowest BCUT2D eigenvalue weighted by atomic mass is 10.2. The van der Waals surface area contributed by atoms with E-state index in [-0.39, 0.29) is 6.61 Å². The van der Waals surface area contributed by atoms with Gasteiger partial charge in [-0.05, 0) is 12.8 Å². The minimum absolute atomic E-state index is 0.208. The van der Waals surface area contributed by atoms with Crippen LogP contribution in [0.5, 0.6) is 5.75 Å². The van der Waals surface area contributed by atoms with Crippen molar-refractivity contribution in [3.63, 3.8) is 0 Å². The first kappa shape index (κ1) is 13.9. The van der Waals surface area contributed by atoms with Crippen molar-refractivity contribution >= 4 is 0 Å². The van der Waals surface area contributed by atoms with Crippen molar-refractivity contribution < 1.29 is 17.9 Å². The Labute approximate surface area is 110 Å². The van der Waals surface area contributed by atoms with Crippen molar-refractivity contribution in [2.75, 3.05) is 26.2 Å². The highest BCUT2D eigenvalue weighted by molar-refractivity contribution is 5.26. The summed E-state index contributed by atoms with van der Waals surface area (Å²) in [7, 11) is 0. The molecule has 19 heavy (non-hydrogen) atoms. The highest BCUT2D eigenvalue weighted by Crippen LogP contribution is 2.22. The molecule has 0 fully saturated rings. The first-order valence-electron chi connectivity index (χ1n) is 6.31. The topological polar surface area (TPSA) is 12.5 Å². The van der Waals surface area contributed by atoms with Crippen LogP contribution in [-0.4, -0.2) is 31.1 Å². The molecule has 2 rings (SSSR count). The molecule has 0 atom stereocenters. The number of benzene rings is 1. The Morgan fingerprint density at radius 1 is 1.11 bits per heavy atom. The number of hydrogen-bond acceptors (Lipinski definition) is 2. The molecule has 5 heteroatoms. The van der Waals surface area contributed by atoms with Crippen LogP contribution in [0.15, 0.2) is 24.3 Å². The van der Waals surface area contributed by atoms with Gasteiger partial charge in [0.2, 0.25) is 0 Å². The summed E-state index contributed by atoms with van der Waals surface area (Å²) in [5, 5.41) is 0. The monoisotopic (exact) mass is 271 g/mol. The second-order valence-electron chi connectivity index (χ2n) is 4.46. The molecule has 0 aliphatic carbocycles. The molecule has 0 N–H and O–H groups in total. The van der Waals surface area contributed by atoms with Crippen LogP contribution in [0.3, 0.4) is 0 Å². The number of ether oxygens (including phenoxy) is 1. The van der Waals surface area contributed by atoms with Gasteiger partial charge < -0.3 is 4.74 Å². The predicted molar refractivity (Wildman–Crippen MR) is 66.6 cm³/mol. The average molecular weight is 271 g/mol. The summed E-state index contributed by atoms with van der Waals surface area (Å²) in [4.78, 5) is 2.24. The quantitative estimate of drug-likeness (QED) is 0.602. The van der Waals surface area contributed by atoms with Gasteiger partial charge in [-0.1, -0.05) is 12.2 Å². The lowest BCUT2D eigenvalue weighted by Gasteiger charge is -2.22. The van der Waals surface area contributed by atoms with E-state index in [0.29, 0.717) is 18.6 Å². The molecule has 0 saturated heterocycles. The van der Waals surface area contributed by atoms with Gasteiger partial charge in [-0.15, -0.1) is 0 Å². The lowest BCUT2D eigenvalue weighted by Crippen LogP contribution is -2.29. The molecule has 1 aliphatic rings. The van der Waals surface area contributed by atoms with Gasteiger partial charge in [0.15, 0.2) is 17.4 Å². The molecule has 1 aromatic carbocycles. The summed E-state index contributed by atoms with van der Waals surface area (Å²) < 4.78 is 44.3. The van der Waals surface area contributed by atoms with E-state index in [1.54, 1.807) is 0 Å². The minimum Gasteiger partial charge on any atom is -0.488 e. The largest absolute Gasteiger partial charge is 0.488 e. The standard InChI is InChI=1S/C14H16F3NO/c15-11-9-12(16)14(13(17)10-11)19-8-4-7-18-5-2-1-3-6-18/h1-2,9-10H,3-8H2. The molecule has 0 unspecified atom stereocenters. The first-order valence-corrected chi connectivity index (χ1v) is 6.31. The predicted octanol–water partition coefficient (Wildman–Crippen LogP) is 3.13. The van der Waals surface area contributed by atoms with Crippen LogP contribution in [0, 0.1) is 17.5 Å². The second-order valence-corrected chi connectivity index (χ2v) is 4.46. The van der Waals surface area contributed by atoms with Gasteiger partial charge in [0.1, 0.15) is 5.82 Å². The Bertz CT molecular complexity index is 439. The number of halogens is 3. The van der Waals surface area contributed by atoms with Gasteiger partial charge in [-0.2, -0.15) is 0 Å². The second kappa shape index (κ2) is 6.61. The van der Waals surface area contributed by atoms with Crippen molar-refractivity contribution in [2.45, 2.75) is 12.8 Å². The molecule has 1 aromatic rings. The van der Waals surface area contributed by atoms with E-state index in [0.717, 1.165) is 26.1 Å². The molecule has 0 saturated carbocycles. The van der Waals surface area contributed by atoms with Gasteiger partial charge >= 0.3 is 0 Å². The normalized spacial score (nSPS) is 15.7. The number of hydrogen-bond donors (Lipinski definition) is 0. The van der Waals surface area contributed by atoms with Crippen LogP contribution >= 0.6 is 0 Å². The molecule has 0 amide bonds. The smallest absolute Gasteiger partial charge is 0.190 e. The lowest BCUT2D eigenvalue weighted by molar-refractivity contribution is 0.234. The van der Waals surface area contributed by atoms with E-state index in [2.05, 4.69) is 17.1 Å². The van der Waals surface area contributed by atoms with Gasteiger partial charge in [0.05, 0.1) is 6.61 Å². The summed E-state index contributed by atoms with van der Waals surface area (Å²) in [6.07, 6.45) is 5.94. The average Bonchev–Trinajstić information content (AvgIpc) is 2.38. The molecule has 0 bridgehead atoms. The highest BCUT2D eigenvalue weighted by atomic mass is 19.1. The Kier molecular flexibility index (Phi) is 4.85. The first-order chi connectivity index (χ1) is 9.16. The molecule has 1 heterocycles. The Hall–Kier alpha value is -1.49. The molecule has 2 nitrogen and oxygen atoms in total. The van der Waals surface area contributed by atoms with Gasteiger partial charge in [0, 0.05) is 31.8 Å². The van der Waals surface area contributed by atoms with Crippen LogP contribution in [0.2, 0.25) is 0 Å². The summed E-state index contributed by atoms with van der Waals surface area (Å²) >= 11 is 0. The van der Waals surface area contributed by atoms with Gasteiger partial charge in [-0.25, -0.2) is 13.2 Å². The van der Waals surface area contributed by atoms with Crippen molar-refractivity contribution in [2.24, 2.45) is 0 Å². The number of rotatable bonds is 5. The number of nitrogens with zero attached hydrogens (tertiary/aromatic N) is 1. The van der Waals surface area contributed by atoms with E-state index >= 15 is 0 Å². The zero-order valence-corrected chi connectivity index (χ0v) is 10.5. The van der Waals surface area contributed by atoms with Gasteiger partial charge in [0.25, 0.3) is 0 Å². The van der Waals surface area contributed by atoms with E-state index < -0.39 is 23.2 Å². The molecule has 1 aliphatic heterocycles. The minimum atomic E-state index is -1.00. The maximum Gasteiger partial charge on any atom is 0.190 e. The molecular formula is C14H16F3NO. The fourth-order valence-electron chi connectivity index (χ4n) is 2.02. The Morgan fingerprint density at radius 3 is 2.47 bits per heavy atom. The zero-order valence-electron chi connectivity index (χ0n) is 10.5. The van der Waals surface area contributed by atoms with Crippen molar-refractivity contribution in [1.29, 1.82) is 0 Å². The van der Waals surface area contributed by atoms with Crippen LogP contribution in [0.4, 0.5) is 13.2 Å². The van der Waals surface area contributed by atoms with Crippen LogP contribution < -0.4 is 4.74 Å². The van der Waals surface area contributed by atoms with E-state index in [4.69, 9.17) is 4.74 Å². The fraction of sp³-hybridized carbons (Fsp3) is 0.429. The third-order valence-corrected chi connectivity index (χ3v) is 2.97. The Morgan fingerprint density at radius 2 is 1.84 bits per heavy atom. The van der Waals surface area contributed by atoms with E-state index in [1.807, 2.05) is 0 Å². The molecule has 0 aromatic heterocycles. The maximum absolute atomic E-state index is 13.3. The van der Waals surface area contributed by atoms with E-state index in [9.17, 15) is 13.2 Å². The van der Waals surface area contributed by atoms with Crippen molar-refractivity contribution in [3.8, 4) is 5.75 Å². The zero-order chi connectivity index (χ0) is 13.7. The molecular weight excluding hydrogens is 255 g/mol. The van der Waals surface area contributed by atoms with E-state index in [1.165, 1.54) is 0 Å². The summed E-state index contributed by atoms with van der Waals surface area (Å²) in [5.41, 5.74) is 0. The molecule has 0 radical (unpaired) electrons. The van der Waals surface area contributed by atoms with Gasteiger partial charge in [-0.3, -0.25) is 4.90 Å². The highest BCUT2D eigenvalue weighted by Gasteiger charge is 2.13. The molecule has 104 valence electrons. The maximum atomic E-state index is 13.3. The SMILES string of the molecule is Fc1cc(F)c(OCCCN2CC=CCC2)c(F)c1. The Balaban J connectivity index is 1.78. The summed E-state index contributed by atoms with van der Waals surface area (Å²) in [6, 6.07) is 1.24. The van der Waals surface area contributed by atoms with Crippen LogP contribution in [0.1, 0.15) is 12.8 Å².